The number of hydrogen-bond acceptors (Lipinski definition) is 3. The topological polar surface area (TPSA) is 59.5 Å². The molecule has 2 atom stereocenters. The second-order valence-corrected chi connectivity index (χ2v) is 5.10. The minimum atomic E-state index is -0.138. The van der Waals surface area contributed by atoms with Gasteiger partial charge in [-0.1, -0.05) is 0 Å². The highest BCUT2D eigenvalue weighted by atomic mass is 79.9. The quantitative estimate of drug-likeness (QED) is 0.912. The lowest BCUT2D eigenvalue weighted by atomic mass is 10.0. The maximum absolute atomic E-state index is 12.0. The van der Waals surface area contributed by atoms with Crippen LogP contribution in [0, 0.1) is 0 Å². The lowest BCUT2D eigenvalue weighted by Gasteiger charge is -2.31. The molecule has 5 heteroatoms. The zero-order chi connectivity index (χ0) is 12.4. The van der Waals surface area contributed by atoms with E-state index in [-0.39, 0.29) is 18.0 Å². The van der Waals surface area contributed by atoms with Crippen LogP contribution in [-0.2, 0) is 4.79 Å². The summed E-state index contributed by atoms with van der Waals surface area (Å²) in [4.78, 5) is 13.8. The predicted molar refractivity (Wildman–Crippen MR) is 68.4 cm³/mol. The SMILES string of the molecule is CCN1C(=O)CCCC(N)C1c1ccc(Br)o1. The molecule has 0 aromatic carbocycles. The fourth-order valence-corrected chi connectivity index (χ4v) is 2.72. The maximum Gasteiger partial charge on any atom is 0.223 e. The van der Waals surface area contributed by atoms with Gasteiger partial charge in [-0.15, -0.1) is 0 Å². The summed E-state index contributed by atoms with van der Waals surface area (Å²) in [5.74, 6) is 0.930. The first-order chi connectivity index (χ1) is 8.13. The van der Waals surface area contributed by atoms with Gasteiger partial charge in [0.15, 0.2) is 4.67 Å². The van der Waals surface area contributed by atoms with Crippen LogP contribution < -0.4 is 5.73 Å². The third-order valence-corrected chi connectivity index (χ3v) is 3.64. The van der Waals surface area contributed by atoms with E-state index < -0.39 is 0 Å². The number of hydrogen-bond donors (Lipinski definition) is 1. The van der Waals surface area contributed by atoms with Crippen LogP contribution in [0.3, 0.4) is 0 Å². The van der Waals surface area contributed by atoms with Crippen molar-refractivity contribution in [2.75, 3.05) is 6.54 Å². The van der Waals surface area contributed by atoms with Gasteiger partial charge in [-0.3, -0.25) is 4.79 Å². The summed E-state index contributed by atoms with van der Waals surface area (Å²) in [5, 5.41) is 0. The number of nitrogens with zero attached hydrogens (tertiary/aromatic N) is 1. The Bertz CT molecular complexity index is 405. The molecule has 17 heavy (non-hydrogen) atoms. The summed E-state index contributed by atoms with van der Waals surface area (Å²) in [5.41, 5.74) is 6.18. The van der Waals surface area contributed by atoms with E-state index in [0.29, 0.717) is 17.6 Å². The van der Waals surface area contributed by atoms with Crippen LogP contribution in [0.15, 0.2) is 21.2 Å². The van der Waals surface area contributed by atoms with E-state index in [4.69, 9.17) is 10.2 Å². The van der Waals surface area contributed by atoms with Crippen LogP contribution in [0.25, 0.3) is 0 Å². The molecule has 0 saturated carbocycles. The minimum Gasteiger partial charge on any atom is -0.452 e. The van der Waals surface area contributed by atoms with Crippen molar-refractivity contribution in [3.05, 3.63) is 22.6 Å². The standard InChI is InChI=1S/C12H17BrN2O2/c1-2-15-11(16)5-3-4-8(14)12(15)9-6-7-10(13)17-9/h6-8,12H,2-5,14H2,1H3. The van der Waals surface area contributed by atoms with Crippen LogP contribution >= 0.6 is 15.9 Å². The summed E-state index contributed by atoms with van der Waals surface area (Å²) < 4.78 is 6.25. The lowest BCUT2D eigenvalue weighted by Crippen LogP contribution is -2.41. The summed E-state index contributed by atoms with van der Waals surface area (Å²) in [7, 11) is 0. The molecule has 2 heterocycles. The molecule has 94 valence electrons. The Hall–Kier alpha value is -0.810. The highest BCUT2D eigenvalue weighted by molar-refractivity contribution is 9.10. The van der Waals surface area contributed by atoms with Crippen molar-refractivity contribution in [1.29, 1.82) is 0 Å². The van der Waals surface area contributed by atoms with Crippen molar-refractivity contribution in [3.63, 3.8) is 0 Å². The van der Waals surface area contributed by atoms with Crippen molar-refractivity contribution in [2.45, 2.75) is 38.3 Å². The van der Waals surface area contributed by atoms with Crippen LogP contribution in [0.1, 0.15) is 38.0 Å². The van der Waals surface area contributed by atoms with E-state index in [1.165, 1.54) is 0 Å². The van der Waals surface area contributed by atoms with Gasteiger partial charge in [-0.25, -0.2) is 0 Å². The average molecular weight is 301 g/mol. The zero-order valence-electron chi connectivity index (χ0n) is 9.86. The van der Waals surface area contributed by atoms with Crippen molar-refractivity contribution in [2.24, 2.45) is 5.73 Å². The number of likely N-dealkylation sites (tertiary alicyclic amines) is 1. The summed E-state index contributed by atoms with van der Waals surface area (Å²) in [6, 6.07) is 3.53. The van der Waals surface area contributed by atoms with Crippen molar-refractivity contribution < 1.29 is 9.21 Å². The van der Waals surface area contributed by atoms with E-state index in [2.05, 4.69) is 15.9 Å². The first-order valence-electron chi connectivity index (χ1n) is 5.93. The Balaban J connectivity index is 2.34. The molecule has 1 aliphatic heterocycles. The fourth-order valence-electron chi connectivity index (χ4n) is 2.40. The number of carbonyl (C=O) groups excluding carboxylic acids is 1. The number of likely N-dealkylation sites (N-methyl/N-ethyl adjacent to an activating group) is 1. The number of rotatable bonds is 2. The molecule has 1 amide bonds. The van der Waals surface area contributed by atoms with E-state index in [1.54, 1.807) is 0 Å². The second kappa shape index (κ2) is 5.23. The Morgan fingerprint density at radius 2 is 2.35 bits per heavy atom. The van der Waals surface area contributed by atoms with Crippen LogP contribution in [0.5, 0.6) is 0 Å². The van der Waals surface area contributed by atoms with Crippen LogP contribution in [0.4, 0.5) is 0 Å². The number of halogens is 1. The largest absolute Gasteiger partial charge is 0.452 e. The summed E-state index contributed by atoms with van der Waals surface area (Å²) >= 11 is 3.28. The molecule has 0 bridgehead atoms. The zero-order valence-corrected chi connectivity index (χ0v) is 11.4. The first kappa shape index (κ1) is 12.6. The second-order valence-electron chi connectivity index (χ2n) is 4.32. The number of nitrogens with two attached hydrogens (primary N) is 1. The molecule has 1 aromatic heterocycles. The Kier molecular flexibility index (Phi) is 3.89. The Morgan fingerprint density at radius 3 is 2.94 bits per heavy atom. The lowest BCUT2D eigenvalue weighted by molar-refractivity contribution is -0.133. The molecule has 0 spiro atoms. The molecule has 0 radical (unpaired) electrons. The third kappa shape index (κ3) is 2.55. The molecule has 4 nitrogen and oxygen atoms in total. The molecule has 0 aliphatic carbocycles. The molecular formula is C12H17BrN2O2. The smallest absolute Gasteiger partial charge is 0.223 e. The van der Waals surface area contributed by atoms with Gasteiger partial charge in [0.25, 0.3) is 0 Å². The van der Waals surface area contributed by atoms with Crippen LogP contribution in [-0.4, -0.2) is 23.4 Å². The van der Waals surface area contributed by atoms with E-state index in [9.17, 15) is 4.79 Å². The highest BCUT2D eigenvalue weighted by Gasteiger charge is 2.33. The molecule has 2 rings (SSSR count). The Morgan fingerprint density at radius 1 is 1.59 bits per heavy atom. The number of furan rings is 1. The van der Waals surface area contributed by atoms with Gasteiger partial charge < -0.3 is 15.1 Å². The molecule has 1 aromatic rings. The van der Waals surface area contributed by atoms with Crippen LogP contribution in [0.2, 0.25) is 0 Å². The third-order valence-electron chi connectivity index (χ3n) is 3.22. The van der Waals surface area contributed by atoms with E-state index in [0.717, 1.165) is 18.6 Å². The molecule has 2 unspecified atom stereocenters. The monoisotopic (exact) mass is 300 g/mol. The van der Waals surface area contributed by atoms with Crippen molar-refractivity contribution in [3.8, 4) is 0 Å². The van der Waals surface area contributed by atoms with Gasteiger partial charge in [0, 0.05) is 19.0 Å². The van der Waals surface area contributed by atoms with E-state index in [1.807, 2.05) is 24.0 Å². The minimum absolute atomic E-state index is 0.0561. The van der Waals surface area contributed by atoms with Crippen molar-refractivity contribution in [1.82, 2.24) is 4.90 Å². The van der Waals surface area contributed by atoms with Gasteiger partial charge in [0.2, 0.25) is 5.91 Å². The molecule has 1 fully saturated rings. The molecule has 1 saturated heterocycles. The molecule has 2 N–H and O–H groups in total. The molecule has 1 aliphatic rings. The predicted octanol–water partition coefficient (Wildman–Crippen LogP) is 2.44. The Labute approximate surface area is 109 Å². The van der Waals surface area contributed by atoms with Gasteiger partial charge in [-0.05, 0) is 47.8 Å². The van der Waals surface area contributed by atoms with Gasteiger partial charge in [0.05, 0.1) is 0 Å². The first-order valence-corrected chi connectivity index (χ1v) is 6.73. The fraction of sp³-hybridized carbons (Fsp3) is 0.583. The average Bonchev–Trinajstić information content (AvgIpc) is 2.65. The number of amides is 1. The van der Waals surface area contributed by atoms with Gasteiger partial charge in [0.1, 0.15) is 11.8 Å². The molecular weight excluding hydrogens is 284 g/mol. The highest BCUT2D eigenvalue weighted by Crippen LogP contribution is 2.32. The number of carbonyl (C=O) groups is 1. The van der Waals surface area contributed by atoms with Crippen molar-refractivity contribution >= 4 is 21.8 Å². The maximum atomic E-state index is 12.0. The summed E-state index contributed by atoms with van der Waals surface area (Å²) in [6.45, 7) is 2.64. The van der Waals surface area contributed by atoms with Gasteiger partial charge >= 0.3 is 0 Å². The van der Waals surface area contributed by atoms with E-state index >= 15 is 0 Å². The van der Waals surface area contributed by atoms with Gasteiger partial charge in [-0.2, -0.15) is 0 Å². The summed E-state index contributed by atoms with van der Waals surface area (Å²) in [6.07, 6.45) is 2.29. The normalized spacial score (nSPS) is 26.1.